The molecule has 0 aliphatic rings. The summed E-state index contributed by atoms with van der Waals surface area (Å²) in [6.45, 7) is 2.22. The summed E-state index contributed by atoms with van der Waals surface area (Å²) in [6, 6.07) is 5.31. The normalized spacial score (nSPS) is 10.9. The fourth-order valence-electron chi connectivity index (χ4n) is 2.14. The van der Waals surface area contributed by atoms with Crippen molar-refractivity contribution >= 4 is 10.9 Å². The SMILES string of the molecule is COc1ccc2nc(C)n(Cn3ccnc3)c(=O)c2c1. The van der Waals surface area contributed by atoms with Gasteiger partial charge in [0.15, 0.2) is 0 Å². The minimum absolute atomic E-state index is 0.0832. The summed E-state index contributed by atoms with van der Waals surface area (Å²) in [4.78, 5) is 21.0. The van der Waals surface area contributed by atoms with Crippen LogP contribution in [0, 0.1) is 6.92 Å². The van der Waals surface area contributed by atoms with E-state index in [4.69, 9.17) is 4.74 Å². The summed E-state index contributed by atoms with van der Waals surface area (Å²) in [5.74, 6) is 1.32. The molecule has 6 nitrogen and oxygen atoms in total. The minimum Gasteiger partial charge on any atom is -0.497 e. The van der Waals surface area contributed by atoms with Crippen molar-refractivity contribution < 1.29 is 4.74 Å². The molecule has 0 bridgehead atoms. The molecule has 0 fully saturated rings. The smallest absolute Gasteiger partial charge is 0.263 e. The van der Waals surface area contributed by atoms with Crippen LogP contribution >= 0.6 is 0 Å². The van der Waals surface area contributed by atoms with Crippen LogP contribution in [0.4, 0.5) is 0 Å². The van der Waals surface area contributed by atoms with Gasteiger partial charge in [-0.1, -0.05) is 0 Å². The topological polar surface area (TPSA) is 61.9 Å². The molecule has 0 radical (unpaired) electrons. The van der Waals surface area contributed by atoms with Crippen LogP contribution in [0.1, 0.15) is 5.82 Å². The molecular weight excluding hydrogens is 256 g/mol. The van der Waals surface area contributed by atoms with Gasteiger partial charge in [0.05, 0.1) is 24.3 Å². The van der Waals surface area contributed by atoms with E-state index in [2.05, 4.69) is 9.97 Å². The maximum Gasteiger partial charge on any atom is 0.263 e. The third-order valence-electron chi connectivity index (χ3n) is 3.22. The lowest BCUT2D eigenvalue weighted by Gasteiger charge is -2.11. The van der Waals surface area contributed by atoms with Crippen molar-refractivity contribution in [1.82, 2.24) is 19.1 Å². The molecule has 0 unspecified atom stereocenters. The number of nitrogens with zero attached hydrogens (tertiary/aromatic N) is 4. The van der Waals surface area contributed by atoms with E-state index in [0.717, 1.165) is 0 Å². The number of ether oxygens (including phenoxy) is 1. The van der Waals surface area contributed by atoms with Crippen LogP contribution in [0.3, 0.4) is 0 Å². The van der Waals surface area contributed by atoms with E-state index in [9.17, 15) is 4.79 Å². The van der Waals surface area contributed by atoms with Gasteiger partial charge < -0.3 is 9.30 Å². The van der Waals surface area contributed by atoms with Crippen LogP contribution in [-0.2, 0) is 6.67 Å². The monoisotopic (exact) mass is 270 g/mol. The van der Waals surface area contributed by atoms with Crippen molar-refractivity contribution in [3.8, 4) is 5.75 Å². The fraction of sp³-hybridized carbons (Fsp3) is 0.214. The highest BCUT2D eigenvalue weighted by Crippen LogP contribution is 2.16. The predicted molar refractivity (Wildman–Crippen MR) is 74.9 cm³/mol. The second-order valence-corrected chi connectivity index (χ2v) is 4.49. The lowest BCUT2D eigenvalue weighted by molar-refractivity contribution is 0.415. The first kappa shape index (κ1) is 12.4. The number of hydrogen-bond acceptors (Lipinski definition) is 4. The van der Waals surface area contributed by atoms with Crippen molar-refractivity contribution in [1.29, 1.82) is 0 Å². The average molecular weight is 270 g/mol. The Kier molecular flexibility index (Phi) is 2.98. The first-order valence-electron chi connectivity index (χ1n) is 6.20. The van der Waals surface area contributed by atoms with E-state index in [-0.39, 0.29) is 5.56 Å². The van der Waals surface area contributed by atoms with Crippen LogP contribution in [0.25, 0.3) is 10.9 Å². The second-order valence-electron chi connectivity index (χ2n) is 4.49. The summed E-state index contributed by atoms with van der Waals surface area (Å²) in [7, 11) is 1.58. The van der Waals surface area contributed by atoms with Crippen LogP contribution in [0.15, 0.2) is 41.7 Å². The molecule has 3 aromatic rings. The molecular formula is C14H14N4O2. The van der Waals surface area contributed by atoms with Crippen molar-refractivity contribution in [2.45, 2.75) is 13.6 Å². The molecule has 102 valence electrons. The molecule has 0 saturated carbocycles. The summed E-state index contributed by atoms with van der Waals surface area (Å²) in [5, 5.41) is 0.551. The highest BCUT2D eigenvalue weighted by atomic mass is 16.5. The summed E-state index contributed by atoms with van der Waals surface area (Å²) in [6.07, 6.45) is 5.15. The van der Waals surface area contributed by atoms with Gasteiger partial charge in [0.2, 0.25) is 0 Å². The number of imidazole rings is 1. The molecule has 0 aliphatic carbocycles. The highest BCUT2D eigenvalue weighted by Gasteiger charge is 2.09. The van der Waals surface area contributed by atoms with Gasteiger partial charge in [-0.2, -0.15) is 0 Å². The molecule has 3 rings (SSSR count). The zero-order valence-electron chi connectivity index (χ0n) is 11.3. The van der Waals surface area contributed by atoms with E-state index >= 15 is 0 Å². The number of methoxy groups -OCH3 is 1. The molecule has 1 aromatic carbocycles. The van der Waals surface area contributed by atoms with Crippen LogP contribution in [0.2, 0.25) is 0 Å². The maximum absolute atomic E-state index is 12.6. The molecule has 2 aromatic heterocycles. The Labute approximate surface area is 115 Å². The molecule has 0 saturated heterocycles. The average Bonchev–Trinajstić information content (AvgIpc) is 2.96. The van der Waals surface area contributed by atoms with Gasteiger partial charge in [0.1, 0.15) is 18.2 Å². The van der Waals surface area contributed by atoms with Gasteiger partial charge >= 0.3 is 0 Å². The summed E-state index contributed by atoms with van der Waals surface area (Å²) >= 11 is 0. The molecule has 0 amide bonds. The first-order valence-corrected chi connectivity index (χ1v) is 6.20. The predicted octanol–water partition coefficient (Wildman–Crippen LogP) is 1.42. The molecule has 0 atom stereocenters. The Balaban J connectivity index is 2.19. The van der Waals surface area contributed by atoms with Crippen molar-refractivity contribution in [2.24, 2.45) is 0 Å². The van der Waals surface area contributed by atoms with E-state index < -0.39 is 0 Å². The lowest BCUT2D eigenvalue weighted by atomic mass is 10.2. The van der Waals surface area contributed by atoms with Gasteiger partial charge in [-0.05, 0) is 25.1 Å². The van der Waals surface area contributed by atoms with Crippen molar-refractivity contribution in [3.63, 3.8) is 0 Å². The minimum atomic E-state index is -0.0832. The first-order chi connectivity index (χ1) is 9.69. The van der Waals surface area contributed by atoms with Gasteiger partial charge in [0, 0.05) is 12.4 Å². The van der Waals surface area contributed by atoms with Gasteiger partial charge in [0.25, 0.3) is 5.56 Å². The van der Waals surface area contributed by atoms with E-state index in [0.29, 0.717) is 29.1 Å². The van der Waals surface area contributed by atoms with Crippen molar-refractivity contribution in [3.05, 3.63) is 53.1 Å². The Bertz CT molecular complexity index is 806. The van der Waals surface area contributed by atoms with Crippen LogP contribution < -0.4 is 10.3 Å². The van der Waals surface area contributed by atoms with Gasteiger partial charge in [-0.15, -0.1) is 0 Å². The standard InChI is InChI=1S/C14H14N4O2/c1-10-16-13-4-3-11(20-2)7-12(13)14(19)18(10)9-17-6-5-15-8-17/h3-8H,9H2,1-2H3. The molecule has 6 heteroatoms. The quantitative estimate of drug-likeness (QED) is 0.722. The van der Waals surface area contributed by atoms with Gasteiger partial charge in [-0.3, -0.25) is 9.36 Å². The lowest BCUT2D eigenvalue weighted by Crippen LogP contribution is -2.26. The molecule has 0 aliphatic heterocycles. The molecule has 20 heavy (non-hydrogen) atoms. The number of aromatic nitrogens is 4. The summed E-state index contributed by atoms with van der Waals surface area (Å²) < 4.78 is 8.60. The van der Waals surface area contributed by atoms with Gasteiger partial charge in [-0.25, -0.2) is 9.97 Å². The Morgan fingerprint density at radius 1 is 1.35 bits per heavy atom. The number of benzene rings is 1. The second kappa shape index (κ2) is 4.80. The third kappa shape index (κ3) is 2.05. The number of fused-ring (bicyclic) bond motifs is 1. The highest BCUT2D eigenvalue weighted by molar-refractivity contribution is 5.79. The molecule has 2 heterocycles. The zero-order valence-corrected chi connectivity index (χ0v) is 11.3. The fourth-order valence-corrected chi connectivity index (χ4v) is 2.14. The Morgan fingerprint density at radius 3 is 2.90 bits per heavy atom. The van der Waals surface area contributed by atoms with Crippen LogP contribution in [0.5, 0.6) is 5.75 Å². The van der Waals surface area contributed by atoms with Crippen LogP contribution in [-0.4, -0.2) is 26.2 Å². The van der Waals surface area contributed by atoms with E-state index in [1.807, 2.05) is 17.7 Å². The van der Waals surface area contributed by atoms with Crippen molar-refractivity contribution in [2.75, 3.05) is 7.11 Å². The van der Waals surface area contributed by atoms with E-state index in [1.165, 1.54) is 0 Å². The Hall–Kier alpha value is -2.63. The number of hydrogen-bond donors (Lipinski definition) is 0. The third-order valence-corrected chi connectivity index (χ3v) is 3.22. The number of aryl methyl sites for hydroxylation is 1. The summed E-state index contributed by atoms with van der Waals surface area (Å²) in [5.41, 5.74) is 0.593. The maximum atomic E-state index is 12.6. The molecule has 0 N–H and O–H groups in total. The van der Waals surface area contributed by atoms with E-state index in [1.54, 1.807) is 42.4 Å². The Morgan fingerprint density at radius 2 is 2.20 bits per heavy atom. The largest absolute Gasteiger partial charge is 0.497 e. The number of rotatable bonds is 3. The molecule has 0 spiro atoms. The zero-order chi connectivity index (χ0) is 14.1.